The third kappa shape index (κ3) is 9.24. The summed E-state index contributed by atoms with van der Waals surface area (Å²) in [6.45, 7) is 12.1. The number of benzene rings is 2. The highest BCUT2D eigenvalue weighted by Gasteiger charge is 2.34. The number of anilines is 1. The summed E-state index contributed by atoms with van der Waals surface area (Å²) >= 11 is 0. The zero-order valence-electron chi connectivity index (χ0n) is 23.9. The number of ether oxygens (including phenoxy) is 1. The molecule has 2 rings (SSSR count). The van der Waals surface area contributed by atoms with Crippen LogP contribution in [0.1, 0.15) is 61.3 Å². The van der Waals surface area contributed by atoms with Crippen molar-refractivity contribution in [3.8, 4) is 0 Å². The number of nitrogens with zero attached hydrogens (tertiary/aromatic N) is 1. The van der Waals surface area contributed by atoms with Gasteiger partial charge in [0.05, 0.1) is 24.3 Å². The van der Waals surface area contributed by atoms with Crippen molar-refractivity contribution in [1.29, 1.82) is 0 Å². The first-order valence-electron chi connectivity index (χ1n) is 13.2. The first-order valence-corrected chi connectivity index (χ1v) is 13.2. The Morgan fingerprint density at radius 1 is 0.949 bits per heavy atom. The van der Waals surface area contributed by atoms with Crippen molar-refractivity contribution < 1.29 is 29.0 Å². The van der Waals surface area contributed by atoms with Gasteiger partial charge in [0, 0.05) is 5.39 Å². The van der Waals surface area contributed by atoms with Crippen LogP contribution in [0.25, 0.3) is 10.8 Å². The number of amides is 4. The number of nitrogens with two attached hydrogens (primary N) is 1. The minimum absolute atomic E-state index is 0.117. The van der Waals surface area contributed by atoms with Crippen molar-refractivity contribution in [3.63, 3.8) is 0 Å². The number of carbonyl (C=O) groups is 4. The molecule has 10 nitrogen and oxygen atoms in total. The second-order valence-corrected chi connectivity index (χ2v) is 11.2. The molecule has 0 heterocycles. The second kappa shape index (κ2) is 13.4. The summed E-state index contributed by atoms with van der Waals surface area (Å²) in [6, 6.07) is 10.2. The number of hydrogen-bond acceptors (Lipinski definition) is 6. The third-order valence-electron chi connectivity index (χ3n) is 6.06. The molecule has 2 aromatic carbocycles. The van der Waals surface area contributed by atoms with Crippen LogP contribution in [0.3, 0.4) is 0 Å². The van der Waals surface area contributed by atoms with Crippen LogP contribution in [0, 0.1) is 5.92 Å². The summed E-state index contributed by atoms with van der Waals surface area (Å²) in [5.74, 6) is -1.68. The van der Waals surface area contributed by atoms with Gasteiger partial charge in [-0.3, -0.25) is 19.3 Å². The van der Waals surface area contributed by atoms with Gasteiger partial charge in [-0.15, -0.1) is 0 Å². The van der Waals surface area contributed by atoms with Gasteiger partial charge in [0.2, 0.25) is 17.7 Å². The van der Waals surface area contributed by atoms with Crippen molar-refractivity contribution in [2.45, 2.75) is 91.1 Å². The van der Waals surface area contributed by atoms with Crippen molar-refractivity contribution in [3.05, 3.63) is 42.5 Å². The number of carbonyl (C=O) groups excluding carboxylic acids is 4. The fourth-order valence-corrected chi connectivity index (χ4v) is 4.19. The van der Waals surface area contributed by atoms with Crippen molar-refractivity contribution in [2.24, 2.45) is 11.7 Å². The molecule has 0 spiro atoms. The summed E-state index contributed by atoms with van der Waals surface area (Å²) in [4.78, 5) is 52.3. The maximum absolute atomic E-state index is 13.4. The summed E-state index contributed by atoms with van der Waals surface area (Å²) in [7, 11) is 0. The standard InChI is InChI=1S/C29H42N4O6/c1-17(2)15-22(24(34)16-25(30)35)32-26(36)18(3)31-27(37)19(4)33(28(38)39-29(5,6)7)23-14-10-12-20-11-8-9-13-21(20)23/h8-14,17-19,22,24,34H,15-16H2,1-7H3,(H2,30,35)(H,31,37)(H,32,36)/t18-,19-,22-,24-/m0/s1. The van der Waals surface area contributed by atoms with Gasteiger partial charge in [-0.25, -0.2) is 4.79 Å². The lowest BCUT2D eigenvalue weighted by Gasteiger charge is -2.32. The lowest BCUT2D eigenvalue weighted by atomic mass is 9.96. The van der Waals surface area contributed by atoms with Crippen molar-refractivity contribution in [1.82, 2.24) is 10.6 Å². The highest BCUT2D eigenvalue weighted by Crippen LogP contribution is 2.30. The van der Waals surface area contributed by atoms with Crippen LogP contribution in [-0.4, -0.2) is 58.8 Å². The van der Waals surface area contributed by atoms with Crippen LogP contribution >= 0.6 is 0 Å². The van der Waals surface area contributed by atoms with Crippen molar-refractivity contribution in [2.75, 3.05) is 4.90 Å². The van der Waals surface area contributed by atoms with E-state index in [1.54, 1.807) is 39.8 Å². The maximum atomic E-state index is 13.4. The number of rotatable bonds is 11. The van der Waals surface area contributed by atoms with Crippen LogP contribution in [0.15, 0.2) is 42.5 Å². The number of primary amides is 1. The average Bonchev–Trinajstić information content (AvgIpc) is 2.81. The highest BCUT2D eigenvalue weighted by atomic mass is 16.6. The molecule has 10 heteroatoms. The molecule has 0 saturated heterocycles. The van der Waals surface area contributed by atoms with E-state index in [2.05, 4.69) is 10.6 Å². The SMILES string of the molecule is CC(C)C[C@H](NC(=O)[C@H](C)NC(=O)[C@H](C)N(C(=O)OC(C)(C)C)c1cccc2ccccc12)[C@@H](O)CC(N)=O. The van der Waals surface area contributed by atoms with E-state index in [-0.39, 0.29) is 12.3 Å². The molecular weight excluding hydrogens is 500 g/mol. The Morgan fingerprint density at radius 2 is 1.56 bits per heavy atom. The van der Waals surface area contributed by atoms with E-state index >= 15 is 0 Å². The Kier molecular flexibility index (Phi) is 10.9. The molecule has 0 bridgehead atoms. The number of nitrogens with one attached hydrogen (secondary N) is 2. The molecule has 2 aromatic rings. The molecule has 0 saturated carbocycles. The molecule has 4 amide bonds. The first kappa shape index (κ1) is 31.6. The predicted molar refractivity (Wildman–Crippen MR) is 151 cm³/mol. The van der Waals surface area contributed by atoms with E-state index in [9.17, 15) is 24.3 Å². The molecule has 0 radical (unpaired) electrons. The van der Waals surface area contributed by atoms with Crippen LogP contribution in [0.5, 0.6) is 0 Å². The first-order chi connectivity index (χ1) is 18.1. The van der Waals surface area contributed by atoms with E-state index in [0.29, 0.717) is 12.1 Å². The molecule has 214 valence electrons. The summed E-state index contributed by atoms with van der Waals surface area (Å²) in [6.07, 6.45) is -1.76. The molecule has 0 aliphatic heterocycles. The monoisotopic (exact) mass is 542 g/mol. The van der Waals surface area contributed by atoms with Crippen LogP contribution in [0.2, 0.25) is 0 Å². The fourth-order valence-electron chi connectivity index (χ4n) is 4.19. The van der Waals surface area contributed by atoms with E-state index in [1.807, 2.05) is 44.2 Å². The molecule has 0 aromatic heterocycles. The molecule has 0 aliphatic rings. The molecular formula is C29H42N4O6. The van der Waals surface area contributed by atoms with Gasteiger partial charge < -0.3 is 26.2 Å². The van der Waals surface area contributed by atoms with Crippen LogP contribution < -0.4 is 21.3 Å². The number of fused-ring (bicyclic) bond motifs is 1. The molecule has 0 aliphatic carbocycles. The van der Waals surface area contributed by atoms with Crippen LogP contribution in [0.4, 0.5) is 10.5 Å². The van der Waals surface area contributed by atoms with E-state index < -0.39 is 53.6 Å². The fraction of sp³-hybridized carbons (Fsp3) is 0.517. The molecule has 5 N–H and O–H groups in total. The van der Waals surface area contributed by atoms with Gasteiger partial charge in [0.15, 0.2) is 0 Å². The van der Waals surface area contributed by atoms with E-state index in [4.69, 9.17) is 10.5 Å². The van der Waals surface area contributed by atoms with Crippen molar-refractivity contribution >= 4 is 40.3 Å². The Labute approximate surface area is 230 Å². The van der Waals surface area contributed by atoms with Gasteiger partial charge in [0.25, 0.3) is 0 Å². The number of aliphatic hydroxyl groups excluding tert-OH is 1. The summed E-state index contributed by atoms with van der Waals surface area (Å²) in [5, 5.41) is 17.4. The Morgan fingerprint density at radius 3 is 2.15 bits per heavy atom. The summed E-state index contributed by atoms with van der Waals surface area (Å²) in [5.41, 5.74) is 4.90. The summed E-state index contributed by atoms with van der Waals surface area (Å²) < 4.78 is 5.64. The average molecular weight is 543 g/mol. The Bertz CT molecular complexity index is 1170. The Balaban J connectivity index is 2.28. The Hall–Kier alpha value is -3.66. The molecule has 0 fully saturated rings. The zero-order valence-corrected chi connectivity index (χ0v) is 23.9. The molecule has 0 unspecified atom stereocenters. The highest BCUT2D eigenvalue weighted by molar-refractivity contribution is 6.06. The van der Waals surface area contributed by atoms with E-state index in [1.165, 1.54) is 11.8 Å². The minimum atomic E-state index is -1.16. The van der Waals surface area contributed by atoms with Gasteiger partial charge in [-0.1, -0.05) is 50.2 Å². The maximum Gasteiger partial charge on any atom is 0.415 e. The van der Waals surface area contributed by atoms with Gasteiger partial charge in [0.1, 0.15) is 17.7 Å². The number of hydrogen-bond donors (Lipinski definition) is 4. The smallest absolute Gasteiger partial charge is 0.415 e. The van der Waals surface area contributed by atoms with Gasteiger partial charge in [-0.05, 0) is 58.4 Å². The minimum Gasteiger partial charge on any atom is -0.443 e. The van der Waals surface area contributed by atoms with Gasteiger partial charge in [-0.2, -0.15) is 0 Å². The van der Waals surface area contributed by atoms with Gasteiger partial charge >= 0.3 is 6.09 Å². The lowest BCUT2D eigenvalue weighted by Crippen LogP contribution is -2.56. The lowest BCUT2D eigenvalue weighted by molar-refractivity contribution is -0.130. The third-order valence-corrected chi connectivity index (χ3v) is 6.06. The number of aliphatic hydroxyl groups is 1. The topological polar surface area (TPSA) is 151 Å². The predicted octanol–water partition coefficient (Wildman–Crippen LogP) is 3.24. The van der Waals surface area contributed by atoms with E-state index in [0.717, 1.165) is 10.8 Å². The molecule has 39 heavy (non-hydrogen) atoms. The zero-order chi connectivity index (χ0) is 29.5. The largest absolute Gasteiger partial charge is 0.443 e. The molecule has 4 atom stereocenters. The second-order valence-electron chi connectivity index (χ2n) is 11.2. The normalized spacial score (nSPS) is 14.7. The van der Waals surface area contributed by atoms with Crippen LogP contribution in [-0.2, 0) is 19.1 Å². The quantitative estimate of drug-likeness (QED) is 0.342.